The highest BCUT2D eigenvalue weighted by molar-refractivity contribution is 5.69. The van der Waals surface area contributed by atoms with E-state index in [1.54, 1.807) is 12.3 Å². The molecule has 1 aromatic rings. The molecule has 11 heavy (non-hydrogen) atoms. The van der Waals surface area contributed by atoms with Crippen LogP contribution in [0, 0.1) is 0 Å². The third-order valence-corrected chi connectivity index (χ3v) is 1.28. The van der Waals surface area contributed by atoms with Gasteiger partial charge in [0.1, 0.15) is 0 Å². The zero-order valence-electron chi connectivity index (χ0n) is 6.25. The highest BCUT2D eigenvalue weighted by Crippen LogP contribution is 2.08. The van der Waals surface area contributed by atoms with Crippen molar-refractivity contribution in [3.63, 3.8) is 0 Å². The lowest BCUT2D eigenvalue weighted by atomic mass is 10.2. The van der Waals surface area contributed by atoms with Crippen LogP contribution in [-0.2, 0) is 0 Å². The van der Waals surface area contributed by atoms with Crippen molar-refractivity contribution in [2.24, 2.45) is 0 Å². The van der Waals surface area contributed by atoms with Crippen molar-refractivity contribution in [1.82, 2.24) is 10.2 Å². The Morgan fingerprint density at radius 2 is 2.45 bits per heavy atom. The quantitative estimate of drug-likeness (QED) is 0.650. The first kappa shape index (κ1) is 7.54. The molecule has 0 atom stereocenters. The summed E-state index contributed by atoms with van der Waals surface area (Å²) in [6.07, 6.45) is 7.12. The minimum atomic E-state index is 0.905. The molecule has 1 N–H and O–H groups in total. The normalized spacial score (nSPS) is 10.2. The van der Waals surface area contributed by atoms with Gasteiger partial charge in [-0.2, -0.15) is 5.10 Å². The maximum Gasteiger partial charge on any atom is 0.0644 e. The number of hydrogen-bond donors (Lipinski definition) is 1. The highest BCUT2D eigenvalue weighted by Gasteiger charge is 1.92. The number of allylic oxidation sites excluding steroid dienone is 4. The predicted molar refractivity (Wildman–Crippen MR) is 47.0 cm³/mol. The molecule has 0 aliphatic carbocycles. The molecule has 1 aromatic heterocycles. The van der Waals surface area contributed by atoms with E-state index in [4.69, 9.17) is 0 Å². The summed E-state index contributed by atoms with van der Waals surface area (Å²) in [5.41, 5.74) is 1.84. The Hall–Kier alpha value is -1.57. The van der Waals surface area contributed by atoms with Gasteiger partial charge in [0.2, 0.25) is 0 Å². The molecule has 0 unspecified atom stereocenters. The fraction of sp³-hybridized carbons (Fsp3) is 0. The van der Waals surface area contributed by atoms with E-state index < -0.39 is 0 Å². The first-order valence-corrected chi connectivity index (χ1v) is 3.32. The second kappa shape index (κ2) is 3.56. The molecule has 0 saturated heterocycles. The number of nitrogens with zero attached hydrogens (tertiary/aromatic N) is 1. The lowest BCUT2D eigenvalue weighted by Gasteiger charge is -1.91. The van der Waals surface area contributed by atoms with Crippen LogP contribution in [0.15, 0.2) is 43.6 Å². The first-order valence-electron chi connectivity index (χ1n) is 3.32. The van der Waals surface area contributed by atoms with Gasteiger partial charge in [-0.15, -0.1) is 0 Å². The van der Waals surface area contributed by atoms with Gasteiger partial charge in [0.25, 0.3) is 0 Å². The van der Waals surface area contributed by atoms with Gasteiger partial charge in [0.15, 0.2) is 0 Å². The van der Waals surface area contributed by atoms with Gasteiger partial charge in [-0.1, -0.05) is 31.4 Å². The lowest BCUT2D eigenvalue weighted by molar-refractivity contribution is 1.08. The van der Waals surface area contributed by atoms with Crippen LogP contribution in [0.3, 0.4) is 0 Å². The predicted octanol–water partition coefficient (Wildman–Crippen LogP) is 2.17. The topological polar surface area (TPSA) is 28.7 Å². The Balaban J connectivity index is 2.71. The van der Waals surface area contributed by atoms with Crippen LogP contribution in [0.2, 0.25) is 0 Å². The van der Waals surface area contributed by atoms with Gasteiger partial charge in [0.05, 0.1) is 5.69 Å². The fourth-order valence-electron chi connectivity index (χ4n) is 0.709. The number of nitrogens with one attached hydrogen (secondary N) is 1. The highest BCUT2D eigenvalue weighted by atomic mass is 15.1. The summed E-state index contributed by atoms with van der Waals surface area (Å²) < 4.78 is 0. The van der Waals surface area contributed by atoms with Crippen molar-refractivity contribution in [2.45, 2.75) is 0 Å². The maximum absolute atomic E-state index is 3.83. The van der Waals surface area contributed by atoms with Crippen LogP contribution in [0.5, 0.6) is 0 Å². The van der Waals surface area contributed by atoms with Gasteiger partial charge < -0.3 is 0 Å². The van der Waals surface area contributed by atoms with Crippen molar-refractivity contribution in [3.05, 3.63) is 49.3 Å². The summed E-state index contributed by atoms with van der Waals surface area (Å²) in [6, 6.07) is 1.87. The van der Waals surface area contributed by atoms with Gasteiger partial charge in [-0.3, -0.25) is 5.10 Å². The van der Waals surface area contributed by atoms with Gasteiger partial charge in [0, 0.05) is 6.20 Å². The smallest absolute Gasteiger partial charge is 0.0644 e. The summed E-state index contributed by atoms with van der Waals surface area (Å²) in [6.45, 7) is 7.39. The second-order valence-electron chi connectivity index (χ2n) is 2.09. The third-order valence-electron chi connectivity index (χ3n) is 1.28. The lowest BCUT2D eigenvalue weighted by Crippen LogP contribution is -1.77. The molecule has 1 rings (SSSR count). The molecular weight excluding hydrogens is 136 g/mol. The number of H-pyrrole nitrogens is 1. The van der Waals surface area contributed by atoms with E-state index in [0.717, 1.165) is 11.3 Å². The molecule has 56 valence electrons. The Labute approximate surface area is 65.9 Å². The average molecular weight is 146 g/mol. The second-order valence-corrected chi connectivity index (χ2v) is 2.09. The van der Waals surface area contributed by atoms with Crippen molar-refractivity contribution in [3.8, 4) is 0 Å². The molecule has 1 heterocycles. The number of aromatic nitrogens is 2. The molecule has 0 spiro atoms. The van der Waals surface area contributed by atoms with E-state index in [2.05, 4.69) is 23.4 Å². The summed E-state index contributed by atoms with van der Waals surface area (Å²) in [4.78, 5) is 0. The summed E-state index contributed by atoms with van der Waals surface area (Å²) in [5, 5.41) is 6.62. The fourth-order valence-corrected chi connectivity index (χ4v) is 0.709. The Morgan fingerprint density at radius 3 is 3.00 bits per heavy atom. The standard InChI is InChI=1S/C9H10N2/c1-3-4-5-8(2)9-6-7-10-11-9/h3-7H,1-2H2,(H,10,11)/b5-4-. The average Bonchev–Trinajstić information content (AvgIpc) is 2.52. The van der Waals surface area contributed by atoms with Crippen LogP contribution in [0.4, 0.5) is 0 Å². The minimum absolute atomic E-state index is 0.905. The number of rotatable bonds is 3. The SMILES string of the molecule is C=C/C=C\C(=C)c1ccn[nH]1. The number of hydrogen-bond acceptors (Lipinski definition) is 1. The molecule has 2 heteroatoms. The first-order chi connectivity index (χ1) is 5.34. The maximum atomic E-state index is 3.83. The van der Waals surface area contributed by atoms with E-state index in [0.29, 0.717) is 0 Å². The Bertz CT molecular complexity index is 268. The van der Waals surface area contributed by atoms with Crippen molar-refractivity contribution < 1.29 is 0 Å². The molecule has 2 nitrogen and oxygen atoms in total. The minimum Gasteiger partial charge on any atom is -0.278 e. The monoisotopic (exact) mass is 146 g/mol. The van der Waals surface area contributed by atoms with E-state index >= 15 is 0 Å². The largest absolute Gasteiger partial charge is 0.278 e. The molecule has 0 radical (unpaired) electrons. The van der Waals surface area contributed by atoms with Gasteiger partial charge in [-0.25, -0.2) is 0 Å². The van der Waals surface area contributed by atoms with Crippen molar-refractivity contribution >= 4 is 5.57 Å². The third kappa shape index (κ3) is 1.93. The molecule has 0 aliphatic rings. The van der Waals surface area contributed by atoms with Crippen LogP contribution < -0.4 is 0 Å². The van der Waals surface area contributed by atoms with Gasteiger partial charge >= 0.3 is 0 Å². The van der Waals surface area contributed by atoms with E-state index in [9.17, 15) is 0 Å². The molecule has 0 aliphatic heterocycles. The zero-order valence-corrected chi connectivity index (χ0v) is 6.25. The molecule has 0 saturated carbocycles. The number of aromatic amines is 1. The van der Waals surface area contributed by atoms with Gasteiger partial charge in [-0.05, 0) is 11.6 Å². The molecule has 0 fully saturated rings. The van der Waals surface area contributed by atoms with E-state index in [1.165, 1.54) is 0 Å². The van der Waals surface area contributed by atoms with Crippen LogP contribution in [-0.4, -0.2) is 10.2 Å². The van der Waals surface area contributed by atoms with Crippen LogP contribution >= 0.6 is 0 Å². The Kier molecular flexibility index (Phi) is 2.44. The summed E-state index contributed by atoms with van der Waals surface area (Å²) >= 11 is 0. The zero-order chi connectivity index (χ0) is 8.10. The Morgan fingerprint density at radius 1 is 1.64 bits per heavy atom. The molecule has 0 aromatic carbocycles. The van der Waals surface area contributed by atoms with Crippen molar-refractivity contribution in [2.75, 3.05) is 0 Å². The summed E-state index contributed by atoms with van der Waals surface area (Å²) in [7, 11) is 0. The summed E-state index contributed by atoms with van der Waals surface area (Å²) in [5.74, 6) is 0. The molecule has 0 amide bonds. The van der Waals surface area contributed by atoms with Crippen molar-refractivity contribution in [1.29, 1.82) is 0 Å². The molecule has 0 bridgehead atoms. The van der Waals surface area contributed by atoms with E-state index in [1.807, 2.05) is 18.2 Å². The van der Waals surface area contributed by atoms with Crippen LogP contribution in [0.1, 0.15) is 5.69 Å². The molecular formula is C9H10N2. The van der Waals surface area contributed by atoms with Crippen LogP contribution in [0.25, 0.3) is 5.57 Å². The van der Waals surface area contributed by atoms with E-state index in [-0.39, 0.29) is 0 Å².